The Kier molecular flexibility index (Phi) is 9.32. The van der Waals surface area contributed by atoms with Crippen molar-refractivity contribution < 1.29 is 63.5 Å². The van der Waals surface area contributed by atoms with Crippen molar-refractivity contribution in [1.82, 2.24) is 0 Å². The molecule has 0 aliphatic rings. The van der Waals surface area contributed by atoms with Gasteiger partial charge in [-0.15, -0.1) is 0 Å². The number of esters is 1. The average Bonchev–Trinajstić information content (AvgIpc) is 2.47. The van der Waals surface area contributed by atoms with E-state index < -0.39 is 69.1 Å². The largest absolute Gasteiger partial charge is 0.475 e. The number of aliphatic hydroxyl groups excluding tert-OH is 4. The number of hydrogen-bond acceptors (Lipinski definition) is 10. The van der Waals surface area contributed by atoms with E-state index in [1.165, 1.54) is 0 Å². The summed E-state index contributed by atoms with van der Waals surface area (Å²) in [6.07, 6.45) is -12.0. The predicted molar refractivity (Wildman–Crippen MR) is 74.8 cm³/mol. The van der Waals surface area contributed by atoms with Crippen LogP contribution < -0.4 is 0 Å². The molecule has 0 aliphatic heterocycles. The molecule has 14 heteroatoms. The number of phosphoric acid groups is 1. The number of aliphatic carboxylic acids is 1. The summed E-state index contributed by atoms with van der Waals surface area (Å²) in [4.78, 5) is 50.0. The maximum atomic E-state index is 11.2. The third-order valence-electron chi connectivity index (χ3n) is 2.86. The molecule has 0 aliphatic carbocycles. The number of ether oxygens (including phenoxy) is 1. The first-order chi connectivity index (χ1) is 11.3. The number of rotatable bonds is 11. The minimum Gasteiger partial charge on any atom is -0.475 e. The molecule has 0 heterocycles. The molecule has 0 aromatic heterocycles. The van der Waals surface area contributed by atoms with Gasteiger partial charge in [0.15, 0.2) is 6.10 Å². The summed E-state index contributed by atoms with van der Waals surface area (Å²) < 4.78 is 19.4. The lowest BCUT2D eigenvalue weighted by atomic mass is 9.96. The zero-order valence-electron chi connectivity index (χ0n) is 12.8. The Morgan fingerprint density at radius 1 is 1.00 bits per heavy atom. The van der Waals surface area contributed by atoms with Crippen molar-refractivity contribution in [2.24, 2.45) is 0 Å². The van der Waals surface area contributed by atoms with Crippen LogP contribution >= 0.6 is 7.82 Å². The number of carbonyl (C=O) groups is 3. The zero-order valence-corrected chi connectivity index (χ0v) is 13.7. The molecular formula is C11H19O13P. The molecule has 0 rings (SSSR count). The summed E-state index contributed by atoms with van der Waals surface area (Å²) in [6, 6.07) is 0. The molecular weight excluding hydrogens is 371 g/mol. The van der Waals surface area contributed by atoms with Crippen LogP contribution in [0, 0.1) is 0 Å². The fourth-order valence-electron chi connectivity index (χ4n) is 1.74. The normalized spacial score (nSPS) is 17.9. The Bertz CT molecular complexity index is 528. The first kappa shape index (κ1) is 23.6. The summed E-state index contributed by atoms with van der Waals surface area (Å²) in [5.74, 6) is -4.54. The molecule has 0 saturated heterocycles. The van der Waals surface area contributed by atoms with Crippen molar-refractivity contribution in [3.05, 3.63) is 0 Å². The second kappa shape index (κ2) is 9.89. The average molecular weight is 390 g/mol. The third kappa shape index (κ3) is 8.47. The number of phosphoric ester groups is 1. The number of Topliss-reactive ketones (excluding diaryl/α,β-unsaturated/α-hetero) is 1. The van der Waals surface area contributed by atoms with Gasteiger partial charge in [-0.3, -0.25) is 14.1 Å². The SMILES string of the molecule is CC(=O)O[C@H](CO)[C@@H](O)[C@H](O)[C@H](O)[C@H](CC(=O)C(=O)O)OP(=O)(O)O. The highest BCUT2D eigenvalue weighted by Gasteiger charge is 2.41. The fraction of sp³-hybridized carbons (Fsp3) is 0.727. The molecule has 0 amide bonds. The maximum absolute atomic E-state index is 11.2. The molecule has 25 heavy (non-hydrogen) atoms. The lowest BCUT2D eigenvalue weighted by molar-refractivity contribution is -0.173. The van der Waals surface area contributed by atoms with E-state index in [9.17, 15) is 34.3 Å². The Morgan fingerprint density at radius 3 is 1.84 bits per heavy atom. The molecule has 0 radical (unpaired) electrons. The molecule has 0 aromatic rings. The van der Waals surface area contributed by atoms with Gasteiger partial charge in [-0.2, -0.15) is 0 Å². The molecule has 13 nitrogen and oxygen atoms in total. The number of carboxylic acid groups (broad SMARTS) is 1. The number of carboxylic acids is 1. The van der Waals surface area contributed by atoms with E-state index >= 15 is 0 Å². The summed E-state index contributed by atoms with van der Waals surface area (Å²) in [7, 11) is -5.32. The second-order valence-corrected chi connectivity index (χ2v) is 6.06. The number of carbonyl (C=O) groups excluding carboxylic acids is 2. The molecule has 5 atom stereocenters. The Labute approximate surface area is 140 Å². The van der Waals surface area contributed by atoms with E-state index in [0.29, 0.717) is 0 Å². The van der Waals surface area contributed by atoms with Crippen molar-refractivity contribution in [3.63, 3.8) is 0 Å². The summed E-state index contributed by atoms with van der Waals surface area (Å²) in [5, 5.41) is 47.0. The van der Waals surface area contributed by atoms with Crippen molar-refractivity contribution in [3.8, 4) is 0 Å². The lowest BCUT2D eigenvalue weighted by Gasteiger charge is -2.31. The van der Waals surface area contributed by atoms with Gasteiger partial charge in [-0.25, -0.2) is 9.36 Å². The molecule has 0 saturated carbocycles. The van der Waals surface area contributed by atoms with E-state index in [1.54, 1.807) is 0 Å². The molecule has 0 spiro atoms. The van der Waals surface area contributed by atoms with Gasteiger partial charge in [-0.05, 0) is 0 Å². The summed E-state index contributed by atoms with van der Waals surface area (Å²) >= 11 is 0. The highest BCUT2D eigenvalue weighted by Crippen LogP contribution is 2.39. The van der Waals surface area contributed by atoms with Crippen molar-refractivity contribution in [2.45, 2.75) is 43.9 Å². The van der Waals surface area contributed by atoms with Crippen LogP contribution in [0.1, 0.15) is 13.3 Å². The Hall–Kier alpha value is -1.44. The van der Waals surface area contributed by atoms with Crippen LogP contribution in [0.5, 0.6) is 0 Å². The minimum absolute atomic E-state index is 0.920. The standard InChI is InChI=1S/C11H19O13P/c1-4(13)23-7(3-12)9(16)10(17)8(15)6(24-25(20,21)22)2-5(14)11(18)19/h6-10,12,15-17H,2-3H2,1H3,(H,18,19)(H2,20,21,22)/t6-,7+,8+,9+,10+/m0/s1. The van der Waals surface area contributed by atoms with E-state index in [1.807, 2.05) is 0 Å². The molecule has 0 bridgehead atoms. The lowest BCUT2D eigenvalue weighted by Crippen LogP contribution is -2.52. The van der Waals surface area contributed by atoms with E-state index in [0.717, 1.165) is 6.92 Å². The highest BCUT2D eigenvalue weighted by molar-refractivity contribution is 7.46. The first-order valence-corrected chi connectivity index (χ1v) is 8.15. The van der Waals surface area contributed by atoms with Crippen LogP contribution in [-0.2, 0) is 28.2 Å². The smallest absolute Gasteiger partial charge is 0.469 e. The molecule has 0 unspecified atom stereocenters. The van der Waals surface area contributed by atoms with Crippen LogP contribution in [0.4, 0.5) is 0 Å². The van der Waals surface area contributed by atoms with Crippen LogP contribution in [0.15, 0.2) is 0 Å². The monoisotopic (exact) mass is 390 g/mol. The van der Waals surface area contributed by atoms with Crippen LogP contribution in [0.25, 0.3) is 0 Å². The van der Waals surface area contributed by atoms with E-state index in [2.05, 4.69) is 9.26 Å². The van der Waals surface area contributed by atoms with Crippen LogP contribution in [0.3, 0.4) is 0 Å². The predicted octanol–water partition coefficient (Wildman–Crippen LogP) is -3.49. The topological polar surface area (TPSA) is 228 Å². The number of aliphatic hydroxyl groups is 4. The van der Waals surface area contributed by atoms with Gasteiger partial charge in [0, 0.05) is 13.3 Å². The van der Waals surface area contributed by atoms with Gasteiger partial charge >= 0.3 is 19.8 Å². The van der Waals surface area contributed by atoms with Gasteiger partial charge < -0.3 is 40.1 Å². The maximum Gasteiger partial charge on any atom is 0.469 e. The van der Waals surface area contributed by atoms with Gasteiger partial charge in [-0.1, -0.05) is 0 Å². The van der Waals surface area contributed by atoms with Gasteiger partial charge in [0.1, 0.15) is 24.4 Å². The van der Waals surface area contributed by atoms with Gasteiger partial charge in [0.05, 0.1) is 6.61 Å². The van der Waals surface area contributed by atoms with Crippen LogP contribution in [-0.4, -0.2) is 90.2 Å². The summed E-state index contributed by atoms with van der Waals surface area (Å²) in [6.45, 7) is -0.0635. The number of ketones is 1. The zero-order chi connectivity index (χ0) is 19.9. The van der Waals surface area contributed by atoms with Gasteiger partial charge in [0.25, 0.3) is 0 Å². The fourth-order valence-corrected chi connectivity index (χ4v) is 2.29. The Balaban J connectivity index is 5.33. The Morgan fingerprint density at radius 2 is 1.48 bits per heavy atom. The van der Waals surface area contributed by atoms with E-state index in [-0.39, 0.29) is 0 Å². The van der Waals surface area contributed by atoms with Crippen LogP contribution in [0.2, 0.25) is 0 Å². The van der Waals surface area contributed by atoms with Crippen molar-refractivity contribution in [2.75, 3.05) is 6.61 Å². The molecule has 7 N–H and O–H groups in total. The minimum atomic E-state index is -5.32. The highest BCUT2D eigenvalue weighted by atomic mass is 31.2. The summed E-state index contributed by atoms with van der Waals surface area (Å²) in [5.41, 5.74) is 0. The molecule has 146 valence electrons. The number of hydrogen-bond donors (Lipinski definition) is 7. The van der Waals surface area contributed by atoms with Crippen molar-refractivity contribution in [1.29, 1.82) is 0 Å². The first-order valence-electron chi connectivity index (χ1n) is 6.62. The molecule has 0 fully saturated rings. The van der Waals surface area contributed by atoms with Crippen molar-refractivity contribution >= 4 is 25.5 Å². The second-order valence-electron chi connectivity index (χ2n) is 4.87. The molecule has 0 aromatic carbocycles. The third-order valence-corrected chi connectivity index (χ3v) is 3.40. The van der Waals surface area contributed by atoms with Gasteiger partial charge in [0.2, 0.25) is 5.78 Å². The quantitative estimate of drug-likeness (QED) is 0.103. The van der Waals surface area contributed by atoms with E-state index in [4.69, 9.17) is 20.0 Å².